The van der Waals surface area contributed by atoms with E-state index in [1.807, 2.05) is 24.3 Å². The summed E-state index contributed by atoms with van der Waals surface area (Å²) in [6.45, 7) is 4.24. The van der Waals surface area contributed by atoms with Crippen molar-refractivity contribution in [2.75, 3.05) is 0 Å². The van der Waals surface area contributed by atoms with Crippen LogP contribution in [0.2, 0.25) is 0 Å². The molecule has 2 heterocycles. The van der Waals surface area contributed by atoms with Gasteiger partial charge in [0.1, 0.15) is 35.4 Å². The van der Waals surface area contributed by atoms with E-state index in [1.165, 1.54) is 0 Å². The average molecular weight is 639 g/mol. The Morgan fingerprint density at radius 3 is 1.14 bits per heavy atom. The van der Waals surface area contributed by atoms with Crippen molar-refractivity contribution in [3.05, 3.63) is 19.6 Å². The second-order valence-corrected chi connectivity index (χ2v) is 14.0. The molecule has 0 saturated heterocycles. The summed E-state index contributed by atoms with van der Waals surface area (Å²) >= 11 is 4.45. The van der Waals surface area contributed by atoms with Gasteiger partial charge in [-0.05, 0) is 12.8 Å². The normalized spacial score (nSPS) is 12.8. The van der Waals surface area contributed by atoms with Crippen molar-refractivity contribution in [1.29, 1.82) is 21.0 Å². The van der Waals surface area contributed by atoms with Gasteiger partial charge in [0, 0.05) is 12.8 Å². The summed E-state index contributed by atoms with van der Waals surface area (Å²) in [6.07, 6.45) is 10.0. The molecule has 2 aliphatic heterocycles. The van der Waals surface area contributed by atoms with Crippen molar-refractivity contribution in [3.63, 3.8) is 0 Å². The number of nitrogens with zero attached hydrogens (tertiary/aromatic N) is 4. The Hall–Kier alpha value is -3.00. The number of ether oxygens (including phenoxy) is 2. The lowest BCUT2D eigenvalue weighted by Gasteiger charge is -2.16. The minimum absolute atomic E-state index is 0.0973. The fraction of sp³-hybridized carbons (Fsp3) is 0.467. The van der Waals surface area contributed by atoms with Gasteiger partial charge in [-0.1, -0.05) is 112 Å². The van der Waals surface area contributed by atoms with E-state index >= 15 is 0 Å². The van der Waals surface area contributed by atoms with Gasteiger partial charge < -0.3 is 9.47 Å². The zero-order valence-electron chi connectivity index (χ0n) is 23.5. The maximum atomic E-state index is 13.0. The number of unbranched alkanes of at least 4 members (excludes halogenated alkanes) is 8. The van der Waals surface area contributed by atoms with Crippen LogP contribution in [0.3, 0.4) is 0 Å². The molecule has 12 heteroatoms. The highest BCUT2D eigenvalue weighted by Gasteiger charge is 2.39. The summed E-state index contributed by atoms with van der Waals surface area (Å²) in [5, 5.41) is 38.1. The quantitative estimate of drug-likeness (QED) is 0.0827. The standard InChI is InChI=1S/C30H30N4O4S4/c1-3-5-7-9-11-13-21(35)37-23-25-27(41-29(39-25)19(15-31)16-32)24(38-22(36)14-12-10-8-6-4-2)28-26(23)40-30(42-28)20(17-33)18-34/h3-14H2,1-2H3. The van der Waals surface area contributed by atoms with Crippen molar-refractivity contribution in [2.24, 2.45) is 0 Å². The first-order valence-electron chi connectivity index (χ1n) is 13.9. The molecule has 0 amide bonds. The minimum Gasteiger partial charge on any atom is -0.424 e. The summed E-state index contributed by atoms with van der Waals surface area (Å²) in [4.78, 5) is 27.8. The molecular formula is C30H30N4O4S4. The van der Waals surface area contributed by atoms with Gasteiger partial charge in [0.2, 0.25) is 0 Å². The van der Waals surface area contributed by atoms with Gasteiger partial charge in [0.05, 0.1) is 28.1 Å². The van der Waals surface area contributed by atoms with Gasteiger partial charge in [-0.2, -0.15) is 21.0 Å². The van der Waals surface area contributed by atoms with Gasteiger partial charge in [-0.3, -0.25) is 9.59 Å². The molecular weight excluding hydrogens is 609 g/mol. The summed E-state index contributed by atoms with van der Waals surface area (Å²) in [5.41, 5.74) is -0.195. The van der Waals surface area contributed by atoms with Crippen molar-refractivity contribution < 1.29 is 19.1 Å². The van der Waals surface area contributed by atoms with Crippen LogP contribution in [0.4, 0.5) is 0 Å². The van der Waals surface area contributed by atoms with Gasteiger partial charge in [-0.15, -0.1) is 0 Å². The number of carbonyl (C=O) groups excluding carboxylic acids is 2. The summed E-state index contributed by atoms with van der Waals surface area (Å²) in [5.74, 6) is -0.410. The Morgan fingerprint density at radius 2 is 0.857 bits per heavy atom. The molecule has 0 fully saturated rings. The lowest BCUT2D eigenvalue weighted by atomic mass is 10.1. The van der Waals surface area contributed by atoms with E-state index in [0.29, 0.717) is 40.9 Å². The molecule has 3 rings (SSSR count). The number of esters is 2. The van der Waals surface area contributed by atoms with Crippen LogP contribution >= 0.6 is 47.0 Å². The molecule has 0 N–H and O–H groups in total. The number of allylic oxidation sites excluding steroid dienone is 2. The SMILES string of the molecule is CCCCCCCC(=O)Oc1c2c(c(OC(=O)CCCCCCC)c3c1SC(=C(C#N)C#N)S3)SC(=C(C#N)C#N)S2. The molecule has 8 nitrogen and oxygen atoms in total. The van der Waals surface area contributed by atoms with Crippen molar-refractivity contribution in [2.45, 2.75) is 110 Å². The van der Waals surface area contributed by atoms with Crippen LogP contribution in [0.15, 0.2) is 39.2 Å². The number of nitriles is 4. The molecule has 0 spiro atoms. The molecule has 1 aromatic carbocycles. The maximum Gasteiger partial charge on any atom is 0.311 e. The minimum atomic E-state index is -0.430. The Morgan fingerprint density at radius 1 is 0.548 bits per heavy atom. The van der Waals surface area contributed by atoms with E-state index in [-0.39, 0.29) is 35.5 Å². The van der Waals surface area contributed by atoms with Crippen molar-refractivity contribution >= 4 is 59.0 Å². The number of fused-ring (bicyclic) bond motifs is 2. The van der Waals surface area contributed by atoms with Crippen LogP contribution in [0, 0.1) is 45.3 Å². The van der Waals surface area contributed by atoms with E-state index in [1.54, 1.807) is 0 Å². The second-order valence-electron chi connectivity index (χ2n) is 9.43. The molecule has 0 radical (unpaired) electrons. The van der Waals surface area contributed by atoms with E-state index < -0.39 is 11.9 Å². The van der Waals surface area contributed by atoms with E-state index in [2.05, 4.69) is 13.8 Å². The molecule has 1 aromatic rings. The molecule has 0 aromatic heterocycles. The van der Waals surface area contributed by atoms with Crippen LogP contribution in [-0.4, -0.2) is 11.9 Å². The summed E-state index contributed by atoms with van der Waals surface area (Å²) < 4.78 is 12.7. The predicted molar refractivity (Wildman–Crippen MR) is 164 cm³/mol. The third kappa shape index (κ3) is 8.52. The lowest BCUT2D eigenvalue weighted by Crippen LogP contribution is -2.12. The summed E-state index contributed by atoms with van der Waals surface area (Å²) in [7, 11) is 0. The van der Waals surface area contributed by atoms with Crippen LogP contribution in [0.25, 0.3) is 0 Å². The van der Waals surface area contributed by atoms with Gasteiger partial charge in [0.25, 0.3) is 0 Å². The Balaban J connectivity index is 2.04. The van der Waals surface area contributed by atoms with Gasteiger partial charge >= 0.3 is 11.9 Å². The highest BCUT2D eigenvalue weighted by atomic mass is 32.2. The van der Waals surface area contributed by atoms with Crippen molar-refractivity contribution in [3.8, 4) is 35.8 Å². The fourth-order valence-corrected chi connectivity index (χ4v) is 9.26. The predicted octanol–water partition coefficient (Wildman–Crippen LogP) is 9.13. The van der Waals surface area contributed by atoms with Gasteiger partial charge in [0.15, 0.2) is 11.5 Å². The number of rotatable bonds is 14. The zero-order chi connectivity index (χ0) is 30.5. The molecule has 2 aliphatic rings. The second kappa shape index (κ2) is 17.2. The van der Waals surface area contributed by atoms with Crippen LogP contribution in [-0.2, 0) is 9.59 Å². The van der Waals surface area contributed by atoms with E-state index in [0.717, 1.165) is 98.4 Å². The number of hydrogen-bond acceptors (Lipinski definition) is 12. The third-order valence-corrected chi connectivity index (χ3v) is 11.5. The largest absolute Gasteiger partial charge is 0.424 e. The topological polar surface area (TPSA) is 148 Å². The molecule has 218 valence electrons. The zero-order valence-corrected chi connectivity index (χ0v) is 26.8. The van der Waals surface area contributed by atoms with Crippen LogP contribution in [0.1, 0.15) is 90.9 Å². The Labute approximate surface area is 263 Å². The molecule has 0 bridgehead atoms. The fourth-order valence-electron chi connectivity index (χ4n) is 4.10. The third-order valence-electron chi connectivity index (χ3n) is 6.27. The lowest BCUT2D eigenvalue weighted by molar-refractivity contribution is -0.136. The Kier molecular flexibility index (Phi) is 13.7. The van der Waals surface area contributed by atoms with E-state index in [4.69, 9.17) is 9.47 Å². The highest BCUT2D eigenvalue weighted by Crippen LogP contribution is 2.68. The van der Waals surface area contributed by atoms with Crippen LogP contribution in [0.5, 0.6) is 11.5 Å². The molecule has 0 unspecified atom stereocenters. The Bertz CT molecular complexity index is 1280. The average Bonchev–Trinajstić information content (AvgIpc) is 3.62. The monoisotopic (exact) mass is 638 g/mol. The first-order valence-corrected chi connectivity index (χ1v) is 17.1. The van der Waals surface area contributed by atoms with Crippen molar-refractivity contribution in [1.82, 2.24) is 0 Å². The first-order chi connectivity index (χ1) is 20.4. The highest BCUT2D eigenvalue weighted by molar-refractivity contribution is 8.26. The maximum absolute atomic E-state index is 13.0. The first kappa shape index (κ1) is 33.5. The van der Waals surface area contributed by atoms with Gasteiger partial charge in [-0.25, -0.2) is 0 Å². The number of thioether (sulfide) groups is 4. The molecule has 0 saturated carbocycles. The summed E-state index contributed by atoms with van der Waals surface area (Å²) in [6, 6.07) is 7.62. The molecule has 0 atom stereocenters. The van der Waals surface area contributed by atoms with E-state index in [9.17, 15) is 30.6 Å². The smallest absolute Gasteiger partial charge is 0.311 e. The number of hydrogen-bond donors (Lipinski definition) is 0. The number of carbonyl (C=O) groups is 2. The number of benzene rings is 1. The van der Waals surface area contributed by atoms with Crippen LogP contribution < -0.4 is 9.47 Å². The molecule has 0 aliphatic carbocycles. The molecule has 42 heavy (non-hydrogen) atoms.